The third-order valence-corrected chi connectivity index (χ3v) is 5.47. The van der Waals surface area contributed by atoms with Gasteiger partial charge in [-0.3, -0.25) is 0 Å². The Bertz CT molecular complexity index is 650. The van der Waals surface area contributed by atoms with Gasteiger partial charge in [-0.1, -0.05) is 0 Å². The number of aromatic nitrogens is 2. The quantitative estimate of drug-likeness (QED) is 0.941. The molecule has 1 aromatic carbocycles. The Balaban J connectivity index is 2.00. The molecule has 0 atom stereocenters. The lowest BCUT2D eigenvalue weighted by Crippen LogP contribution is -2.20. The van der Waals surface area contributed by atoms with E-state index in [0.717, 1.165) is 23.6 Å². The Kier molecular flexibility index (Phi) is 3.97. The Morgan fingerprint density at radius 1 is 1.33 bits per heavy atom. The summed E-state index contributed by atoms with van der Waals surface area (Å²) in [5.41, 5.74) is 7.53. The summed E-state index contributed by atoms with van der Waals surface area (Å²) in [7, 11) is 1.47. The number of nitrogens with zero attached hydrogens (tertiary/aromatic N) is 2. The Morgan fingerprint density at radius 2 is 2.05 bits per heavy atom. The number of halogens is 1. The molecule has 0 bridgehead atoms. The molecule has 4 nitrogen and oxygen atoms in total. The summed E-state index contributed by atoms with van der Waals surface area (Å²) in [5, 5.41) is 0.740. The number of fused-ring (bicyclic) bond motifs is 1. The van der Waals surface area contributed by atoms with E-state index in [9.17, 15) is 4.39 Å². The molecular weight excluding hydrogens is 289 g/mol. The summed E-state index contributed by atoms with van der Waals surface area (Å²) in [5.74, 6) is 0.299. The highest BCUT2D eigenvalue weighted by molar-refractivity contribution is 7.99. The molecule has 1 heterocycles. The van der Waals surface area contributed by atoms with E-state index >= 15 is 0 Å². The lowest BCUT2D eigenvalue weighted by molar-refractivity contribution is 0.368. The average molecular weight is 309 g/mol. The van der Waals surface area contributed by atoms with Crippen molar-refractivity contribution >= 4 is 28.7 Å². The van der Waals surface area contributed by atoms with E-state index in [2.05, 4.69) is 11.2 Å². The number of nitrogens with two attached hydrogens (primary N) is 1. The number of rotatable bonds is 3. The molecule has 3 rings (SSSR count). The highest BCUT2D eigenvalue weighted by Crippen LogP contribution is 2.37. The van der Waals surface area contributed by atoms with Crippen LogP contribution in [-0.4, -0.2) is 28.2 Å². The SMILES string of the molecule is COc1cc2c(cc1F)nc(N)n2C1CCC(SC)CC1. The fourth-order valence-corrected chi connectivity index (χ4v) is 3.94. The third-order valence-electron chi connectivity index (χ3n) is 4.33. The molecule has 21 heavy (non-hydrogen) atoms. The highest BCUT2D eigenvalue weighted by atomic mass is 32.2. The molecule has 1 fully saturated rings. The number of imidazole rings is 1. The molecule has 0 unspecified atom stereocenters. The number of nitrogen functional groups attached to an aromatic ring is 1. The number of methoxy groups -OCH3 is 1. The predicted octanol–water partition coefficient (Wildman–Crippen LogP) is 3.61. The molecule has 1 saturated carbocycles. The first-order chi connectivity index (χ1) is 10.1. The number of hydrogen-bond acceptors (Lipinski definition) is 4. The molecule has 114 valence electrons. The van der Waals surface area contributed by atoms with Crippen molar-refractivity contribution in [3.05, 3.63) is 17.9 Å². The minimum absolute atomic E-state index is 0.237. The minimum atomic E-state index is -0.402. The smallest absolute Gasteiger partial charge is 0.201 e. The Labute approximate surface area is 127 Å². The van der Waals surface area contributed by atoms with Crippen molar-refractivity contribution in [1.82, 2.24) is 9.55 Å². The van der Waals surface area contributed by atoms with Crippen LogP contribution in [-0.2, 0) is 0 Å². The zero-order chi connectivity index (χ0) is 15.0. The van der Waals surface area contributed by atoms with Crippen molar-refractivity contribution in [3.8, 4) is 5.75 Å². The van der Waals surface area contributed by atoms with Crippen molar-refractivity contribution in [2.45, 2.75) is 37.0 Å². The number of ether oxygens (including phenoxy) is 1. The molecule has 0 saturated heterocycles. The monoisotopic (exact) mass is 309 g/mol. The van der Waals surface area contributed by atoms with Crippen molar-refractivity contribution in [2.75, 3.05) is 19.1 Å². The lowest BCUT2D eigenvalue weighted by Gasteiger charge is -2.29. The molecule has 0 amide bonds. The van der Waals surface area contributed by atoms with E-state index in [1.54, 1.807) is 6.07 Å². The first-order valence-electron chi connectivity index (χ1n) is 7.17. The van der Waals surface area contributed by atoms with Crippen LogP contribution < -0.4 is 10.5 Å². The second kappa shape index (κ2) is 5.75. The maximum Gasteiger partial charge on any atom is 0.201 e. The number of benzene rings is 1. The van der Waals surface area contributed by atoms with E-state index in [1.165, 1.54) is 26.0 Å². The van der Waals surface area contributed by atoms with Crippen LogP contribution in [0, 0.1) is 5.82 Å². The van der Waals surface area contributed by atoms with E-state index < -0.39 is 5.82 Å². The number of hydrogen-bond donors (Lipinski definition) is 1. The van der Waals surface area contributed by atoms with Gasteiger partial charge in [-0.15, -0.1) is 0 Å². The molecule has 0 spiro atoms. The molecule has 0 aliphatic heterocycles. The van der Waals surface area contributed by atoms with Crippen LogP contribution in [0.25, 0.3) is 11.0 Å². The van der Waals surface area contributed by atoms with Crippen LogP contribution in [0.3, 0.4) is 0 Å². The van der Waals surface area contributed by atoms with Crippen LogP contribution >= 0.6 is 11.8 Å². The molecular formula is C15H20FN3OS. The van der Waals surface area contributed by atoms with Gasteiger partial charge < -0.3 is 15.0 Å². The van der Waals surface area contributed by atoms with E-state index in [-0.39, 0.29) is 5.75 Å². The minimum Gasteiger partial charge on any atom is -0.494 e. The van der Waals surface area contributed by atoms with E-state index in [0.29, 0.717) is 17.5 Å². The summed E-state index contributed by atoms with van der Waals surface area (Å²) >= 11 is 1.94. The van der Waals surface area contributed by atoms with Crippen LogP contribution in [0.2, 0.25) is 0 Å². The normalized spacial score (nSPS) is 22.6. The third kappa shape index (κ3) is 2.57. The van der Waals surface area contributed by atoms with Gasteiger partial charge >= 0.3 is 0 Å². The number of anilines is 1. The zero-order valence-corrected chi connectivity index (χ0v) is 13.1. The van der Waals surface area contributed by atoms with Gasteiger partial charge in [0.2, 0.25) is 5.95 Å². The van der Waals surface area contributed by atoms with Gasteiger partial charge in [0.15, 0.2) is 11.6 Å². The largest absolute Gasteiger partial charge is 0.494 e. The second-order valence-corrected chi connectivity index (χ2v) is 6.62. The molecule has 2 aromatic rings. The van der Waals surface area contributed by atoms with Gasteiger partial charge in [-0.25, -0.2) is 9.37 Å². The summed E-state index contributed by atoms with van der Waals surface area (Å²) in [4.78, 5) is 4.30. The van der Waals surface area contributed by atoms with Crippen LogP contribution in [0.4, 0.5) is 10.3 Å². The second-order valence-electron chi connectivity index (χ2n) is 5.48. The molecule has 1 aromatic heterocycles. The standard InChI is InChI=1S/C15H20FN3OS/c1-20-14-8-13-12(7-11(14)16)18-15(17)19(13)9-3-5-10(21-2)6-4-9/h7-10H,3-6H2,1-2H3,(H2,17,18). The van der Waals surface area contributed by atoms with Gasteiger partial charge in [0.25, 0.3) is 0 Å². The van der Waals surface area contributed by atoms with Gasteiger partial charge in [0, 0.05) is 23.4 Å². The highest BCUT2D eigenvalue weighted by Gasteiger charge is 2.25. The maximum absolute atomic E-state index is 13.8. The molecule has 1 aliphatic rings. The Morgan fingerprint density at radius 3 is 2.67 bits per heavy atom. The fraction of sp³-hybridized carbons (Fsp3) is 0.533. The predicted molar refractivity (Wildman–Crippen MR) is 85.5 cm³/mol. The lowest BCUT2D eigenvalue weighted by atomic mass is 9.94. The van der Waals surface area contributed by atoms with E-state index in [4.69, 9.17) is 10.5 Å². The summed E-state index contributed by atoms with van der Waals surface area (Å²) in [6.07, 6.45) is 6.70. The van der Waals surface area contributed by atoms with Crippen LogP contribution in [0.1, 0.15) is 31.7 Å². The van der Waals surface area contributed by atoms with Crippen molar-refractivity contribution in [3.63, 3.8) is 0 Å². The Hall–Kier alpha value is -1.43. The van der Waals surface area contributed by atoms with Gasteiger partial charge in [0.1, 0.15) is 0 Å². The van der Waals surface area contributed by atoms with Crippen molar-refractivity contribution in [2.24, 2.45) is 0 Å². The van der Waals surface area contributed by atoms with Gasteiger partial charge in [0.05, 0.1) is 18.1 Å². The van der Waals surface area contributed by atoms with E-state index in [1.807, 2.05) is 16.3 Å². The van der Waals surface area contributed by atoms with Crippen molar-refractivity contribution < 1.29 is 9.13 Å². The fourth-order valence-electron chi connectivity index (χ4n) is 3.19. The maximum atomic E-state index is 13.8. The average Bonchev–Trinajstić information content (AvgIpc) is 2.81. The number of thioether (sulfide) groups is 1. The van der Waals surface area contributed by atoms with Gasteiger partial charge in [-0.2, -0.15) is 11.8 Å². The summed E-state index contributed by atoms with van der Waals surface area (Å²) in [6, 6.07) is 3.44. The summed E-state index contributed by atoms with van der Waals surface area (Å²) in [6.45, 7) is 0. The molecule has 6 heteroatoms. The topological polar surface area (TPSA) is 53.1 Å². The molecule has 2 N–H and O–H groups in total. The zero-order valence-electron chi connectivity index (χ0n) is 12.3. The van der Waals surface area contributed by atoms with Crippen LogP contribution in [0.5, 0.6) is 5.75 Å². The first kappa shape index (κ1) is 14.5. The van der Waals surface area contributed by atoms with Crippen LogP contribution in [0.15, 0.2) is 12.1 Å². The first-order valence-corrected chi connectivity index (χ1v) is 8.46. The molecule has 1 aliphatic carbocycles. The summed E-state index contributed by atoms with van der Waals surface area (Å²) < 4.78 is 20.9. The van der Waals surface area contributed by atoms with Gasteiger partial charge in [-0.05, 0) is 31.9 Å². The molecule has 0 radical (unpaired) electrons. The van der Waals surface area contributed by atoms with Crippen molar-refractivity contribution in [1.29, 1.82) is 0 Å².